The monoisotopic (exact) mass is 486 g/mol. The summed E-state index contributed by atoms with van der Waals surface area (Å²) in [6, 6.07) is 24.6. The summed E-state index contributed by atoms with van der Waals surface area (Å²) >= 11 is 0. The van der Waals surface area contributed by atoms with Gasteiger partial charge >= 0.3 is 6.03 Å². The highest BCUT2D eigenvalue weighted by Crippen LogP contribution is 2.38. The molecule has 36 heavy (non-hydrogen) atoms. The van der Waals surface area contributed by atoms with Crippen molar-refractivity contribution in [2.45, 2.75) is 43.6 Å². The minimum Gasteiger partial charge on any atom is -0.369 e. The van der Waals surface area contributed by atoms with Crippen LogP contribution in [0.1, 0.15) is 43.2 Å². The lowest BCUT2D eigenvalue weighted by molar-refractivity contribution is -0.384. The number of rotatable bonds is 8. The van der Waals surface area contributed by atoms with Crippen LogP contribution in [0.15, 0.2) is 84.9 Å². The van der Waals surface area contributed by atoms with Crippen LogP contribution in [0.25, 0.3) is 0 Å². The van der Waals surface area contributed by atoms with Crippen molar-refractivity contribution in [3.05, 3.63) is 106 Å². The number of nitrogens with two attached hydrogens (primary N) is 1. The average molecular weight is 487 g/mol. The molecule has 3 aromatic rings. The van der Waals surface area contributed by atoms with Crippen LogP contribution < -0.4 is 11.1 Å². The number of nitro groups is 1. The summed E-state index contributed by atoms with van der Waals surface area (Å²) < 4.78 is 0. The van der Waals surface area contributed by atoms with E-state index in [0.29, 0.717) is 25.1 Å². The summed E-state index contributed by atoms with van der Waals surface area (Å²) in [5.74, 6) is -0.419. The fourth-order valence-electron chi connectivity index (χ4n) is 5.12. The van der Waals surface area contributed by atoms with E-state index in [1.54, 1.807) is 0 Å². The molecule has 8 nitrogen and oxygen atoms in total. The van der Waals surface area contributed by atoms with Crippen molar-refractivity contribution >= 4 is 23.3 Å². The predicted molar refractivity (Wildman–Crippen MR) is 139 cm³/mol. The highest BCUT2D eigenvalue weighted by Gasteiger charge is 2.41. The predicted octanol–water partition coefficient (Wildman–Crippen LogP) is 5.23. The van der Waals surface area contributed by atoms with Gasteiger partial charge in [0.05, 0.1) is 10.3 Å². The zero-order valence-corrected chi connectivity index (χ0v) is 20.0. The third kappa shape index (κ3) is 5.22. The molecule has 3 N–H and O–H groups in total. The minimum atomic E-state index is -1.01. The summed E-state index contributed by atoms with van der Waals surface area (Å²) in [4.78, 5) is 38.5. The van der Waals surface area contributed by atoms with Crippen LogP contribution in [-0.4, -0.2) is 34.3 Å². The molecule has 4 rings (SSSR count). The number of urea groups is 1. The molecule has 8 heteroatoms. The maximum absolute atomic E-state index is 13.2. The Morgan fingerprint density at radius 2 is 1.53 bits per heavy atom. The topological polar surface area (TPSA) is 119 Å². The molecule has 1 saturated heterocycles. The maximum Gasteiger partial charge on any atom is 0.322 e. The lowest BCUT2D eigenvalue weighted by atomic mass is 9.69. The molecule has 1 fully saturated rings. The first-order chi connectivity index (χ1) is 17.4. The number of hydrogen-bond donors (Lipinski definition) is 2. The van der Waals surface area contributed by atoms with Gasteiger partial charge in [-0.15, -0.1) is 0 Å². The number of amides is 3. The molecule has 186 valence electrons. The highest BCUT2D eigenvalue weighted by molar-refractivity contribution is 5.91. The fraction of sp³-hybridized carbons (Fsp3) is 0.286. The van der Waals surface area contributed by atoms with Crippen molar-refractivity contribution < 1.29 is 14.5 Å². The molecule has 0 radical (unpaired) electrons. The van der Waals surface area contributed by atoms with Gasteiger partial charge in [0.15, 0.2) is 0 Å². The number of carbonyl (C=O) groups is 2. The van der Waals surface area contributed by atoms with Crippen molar-refractivity contribution in [2.24, 2.45) is 5.73 Å². The quantitative estimate of drug-likeness (QED) is 0.335. The van der Waals surface area contributed by atoms with Crippen LogP contribution >= 0.6 is 0 Å². The van der Waals surface area contributed by atoms with Crippen LogP contribution in [-0.2, 0) is 10.2 Å². The number of likely N-dealkylation sites (tertiary alicyclic amines) is 1. The van der Waals surface area contributed by atoms with Crippen LogP contribution in [0.5, 0.6) is 0 Å². The van der Waals surface area contributed by atoms with E-state index >= 15 is 0 Å². The molecule has 0 aromatic heterocycles. The van der Waals surface area contributed by atoms with Gasteiger partial charge in [-0.1, -0.05) is 60.7 Å². The van der Waals surface area contributed by atoms with Gasteiger partial charge < -0.3 is 16.0 Å². The van der Waals surface area contributed by atoms with Gasteiger partial charge in [0.2, 0.25) is 5.91 Å². The van der Waals surface area contributed by atoms with Crippen molar-refractivity contribution in [1.82, 2.24) is 4.90 Å². The van der Waals surface area contributed by atoms with E-state index in [2.05, 4.69) is 5.32 Å². The normalized spacial score (nSPS) is 15.8. The Morgan fingerprint density at radius 1 is 0.944 bits per heavy atom. The molecule has 3 aromatic carbocycles. The average Bonchev–Trinajstić information content (AvgIpc) is 2.90. The van der Waals surface area contributed by atoms with Gasteiger partial charge in [-0.25, -0.2) is 4.79 Å². The Morgan fingerprint density at radius 3 is 2.06 bits per heavy atom. The van der Waals surface area contributed by atoms with Crippen LogP contribution in [0.3, 0.4) is 0 Å². The lowest BCUT2D eigenvalue weighted by Crippen LogP contribution is -2.48. The van der Waals surface area contributed by atoms with Gasteiger partial charge in [-0.3, -0.25) is 14.9 Å². The Hall–Kier alpha value is -4.20. The molecule has 1 aliphatic heterocycles. The Labute approximate surface area is 210 Å². The van der Waals surface area contributed by atoms with Crippen LogP contribution in [0.2, 0.25) is 0 Å². The van der Waals surface area contributed by atoms with Gasteiger partial charge in [-0.2, -0.15) is 0 Å². The van der Waals surface area contributed by atoms with Gasteiger partial charge in [0.1, 0.15) is 0 Å². The molecule has 1 unspecified atom stereocenters. The molecule has 3 amide bonds. The third-order valence-corrected chi connectivity index (χ3v) is 7.02. The molecule has 0 saturated carbocycles. The molecule has 1 atom stereocenters. The number of piperidine rings is 1. The minimum absolute atomic E-state index is 0.0338. The molecule has 0 aliphatic carbocycles. The largest absolute Gasteiger partial charge is 0.369 e. The summed E-state index contributed by atoms with van der Waals surface area (Å²) in [5, 5.41) is 13.8. The van der Waals surface area contributed by atoms with Gasteiger partial charge in [0.25, 0.3) is 5.69 Å². The molecular weight excluding hydrogens is 456 g/mol. The van der Waals surface area contributed by atoms with E-state index in [4.69, 9.17) is 5.73 Å². The van der Waals surface area contributed by atoms with Crippen LogP contribution in [0, 0.1) is 10.1 Å². The third-order valence-electron chi connectivity index (χ3n) is 7.02. The second-order valence-corrected chi connectivity index (χ2v) is 9.12. The van der Waals surface area contributed by atoms with E-state index < -0.39 is 16.2 Å². The van der Waals surface area contributed by atoms with Crippen molar-refractivity contribution in [3.63, 3.8) is 0 Å². The number of benzene rings is 3. The zero-order chi connectivity index (χ0) is 25.5. The van der Waals surface area contributed by atoms with Crippen molar-refractivity contribution in [1.29, 1.82) is 0 Å². The fourth-order valence-corrected chi connectivity index (χ4v) is 5.12. The number of nitrogens with one attached hydrogen (secondary N) is 1. The Balaban J connectivity index is 1.56. The zero-order valence-electron chi connectivity index (χ0n) is 20.0. The number of primary amides is 1. The second kappa shape index (κ2) is 11.0. The van der Waals surface area contributed by atoms with Gasteiger partial charge in [-0.05, 0) is 55.4 Å². The van der Waals surface area contributed by atoms with E-state index in [1.807, 2.05) is 65.6 Å². The number of anilines is 1. The van der Waals surface area contributed by atoms with Gasteiger partial charge in [0, 0.05) is 30.4 Å². The number of nitro benzene ring substituents is 1. The van der Waals surface area contributed by atoms with E-state index in [9.17, 15) is 19.7 Å². The lowest BCUT2D eigenvalue weighted by Gasteiger charge is -2.39. The number of hydrogen-bond acceptors (Lipinski definition) is 4. The number of nitrogens with zero attached hydrogens (tertiary/aromatic N) is 2. The molecule has 1 heterocycles. The van der Waals surface area contributed by atoms with Crippen molar-refractivity contribution in [2.75, 3.05) is 11.9 Å². The molecule has 0 spiro atoms. The van der Waals surface area contributed by atoms with E-state index in [0.717, 1.165) is 30.4 Å². The Kier molecular flexibility index (Phi) is 7.63. The number of non-ortho nitro benzene ring substituents is 1. The first-order valence-corrected chi connectivity index (χ1v) is 12.1. The summed E-state index contributed by atoms with van der Waals surface area (Å²) in [6.45, 7) is 0.601. The summed E-state index contributed by atoms with van der Waals surface area (Å²) in [5.41, 5.74) is 7.22. The van der Waals surface area contributed by atoms with Crippen LogP contribution in [0.4, 0.5) is 16.2 Å². The summed E-state index contributed by atoms with van der Waals surface area (Å²) in [6.07, 6.45) is 3.77. The SMILES string of the molecule is NC(=O)C(CCC1CCCCN1C(=O)Nc1ccc([N+](=O)[O-])cc1)(c1ccccc1)c1ccccc1. The summed E-state index contributed by atoms with van der Waals surface area (Å²) in [7, 11) is 0. The molecule has 0 bridgehead atoms. The standard InChI is InChI=1S/C28H30N4O4/c29-26(33)28(21-9-3-1-4-10-21,22-11-5-2-6-12-22)19-18-24-13-7-8-20-31(24)27(34)30-23-14-16-25(17-15-23)32(35)36/h1-6,9-12,14-17,24H,7-8,13,18-20H2,(H2,29,33)(H,30,34). The smallest absolute Gasteiger partial charge is 0.322 e. The van der Waals surface area contributed by atoms with Crippen molar-refractivity contribution in [3.8, 4) is 0 Å². The second-order valence-electron chi connectivity index (χ2n) is 9.12. The van der Waals surface area contributed by atoms with E-state index in [-0.39, 0.29) is 17.8 Å². The molecule has 1 aliphatic rings. The first-order valence-electron chi connectivity index (χ1n) is 12.1. The Bertz CT molecular complexity index is 1160. The maximum atomic E-state index is 13.2. The first kappa shape index (κ1) is 24.9. The number of carbonyl (C=O) groups excluding carboxylic acids is 2. The highest BCUT2D eigenvalue weighted by atomic mass is 16.6. The van der Waals surface area contributed by atoms with E-state index in [1.165, 1.54) is 24.3 Å². The molecular formula is C28H30N4O4.